The minimum atomic E-state index is 0.447. The van der Waals surface area contributed by atoms with E-state index in [1.807, 2.05) is 25.4 Å². The molecule has 0 aliphatic carbocycles. The van der Waals surface area contributed by atoms with Crippen molar-refractivity contribution in [3.8, 4) is 17.2 Å². The van der Waals surface area contributed by atoms with Crippen molar-refractivity contribution >= 4 is 11.5 Å². The number of nitriles is 1. The molecule has 0 saturated carbocycles. The number of hydrogen-bond acceptors (Lipinski definition) is 4. The molecule has 1 aliphatic rings. The van der Waals surface area contributed by atoms with Crippen LogP contribution in [0.4, 0.5) is 11.5 Å². The third-order valence-electron chi connectivity index (χ3n) is 4.45. The lowest BCUT2D eigenvalue weighted by Crippen LogP contribution is -2.35. The van der Waals surface area contributed by atoms with Gasteiger partial charge in [-0.2, -0.15) is 5.26 Å². The zero-order valence-corrected chi connectivity index (χ0v) is 13.9. The summed E-state index contributed by atoms with van der Waals surface area (Å²) in [5, 5.41) is 12.6. The van der Waals surface area contributed by atoms with Gasteiger partial charge < -0.3 is 10.2 Å². The van der Waals surface area contributed by atoms with Crippen LogP contribution in [0.1, 0.15) is 31.4 Å². The van der Waals surface area contributed by atoms with Gasteiger partial charge in [0.05, 0.1) is 11.6 Å². The lowest BCUT2D eigenvalue weighted by atomic mass is 9.92. The number of nitrogens with zero attached hydrogens (tertiary/aromatic N) is 3. The molecule has 1 aromatic heterocycles. The molecular weight excluding hydrogens is 284 g/mol. The first-order valence-corrected chi connectivity index (χ1v) is 8.12. The van der Waals surface area contributed by atoms with Crippen LogP contribution in [0.15, 0.2) is 30.5 Å². The van der Waals surface area contributed by atoms with E-state index in [2.05, 4.69) is 47.3 Å². The molecule has 0 spiro atoms. The van der Waals surface area contributed by atoms with Crippen molar-refractivity contribution < 1.29 is 0 Å². The van der Waals surface area contributed by atoms with E-state index in [1.54, 1.807) is 0 Å². The normalized spacial score (nSPS) is 13.6. The smallest absolute Gasteiger partial charge is 0.125 e. The van der Waals surface area contributed by atoms with Crippen LogP contribution in [-0.2, 0) is 6.42 Å². The Bertz CT molecular complexity index is 741. The van der Waals surface area contributed by atoms with Crippen molar-refractivity contribution in [2.24, 2.45) is 0 Å². The topological polar surface area (TPSA) is 52.0 Å². The van der Waals surface area contributed by atoms with Gasteiger partial charge in [0.25, 0.3) is 0 Å². The van der Waals surface area contributed by atoms with Crippen molar-refractivity contribution in [2.75, 3.05) is 23.8 Å². The quantitative estimate of drug-likeness (QED) is 0.936. The van der Waals surface area contributed by atoms with Crippen LogP contribution in [0.5, 0.6) is 0 Å². The summed E-state index contributed by atoms with van der Waals surface area (Å²) in [7, 11) is 1.85. The second kappa shape index (κ2) is 6.29. The Hall–Kier alpha value is -2.54. The van der Waals surface area contributed by atoms with Crippen molar-refractivity contribution in [1.82, 2.24) is 4.98 Å². The van der Waals surface area contributed by atoms with Gasteiger partial charge in [-0.15, -0.1) is 0 Å². The zero-order chi connectivity index (χ0) is 16.4. The second-order valence-electron chi connectivity index (χ2n) is 6.21. The highest BCUT2D eigenvalue weighted by atomic mass is 15.2. The van der Waals surface area contributed by atoms with Gasteiger partial charge in [-0.25, -0.2) is 4.98 Å². The predicted octanol–water partition coefficient (Wildman–Crippen LogP) is 3.82. The van der Waals surface area contributed by atoms with Crippen molar-refractivity contribution in [1.29, 1.82) is 5.26 Å². The maximum atomic E-state index is 9.61. The number of pyridine rings is 1. The molecule has 118 valence electrons. The van der Waals surface area contributed by atoms with E-state index in [1.165, 1.54) is 11.3 Å². The first kappa shape index (κ1) is 15.4. The third-order valence-corrected chi connectivity index (χ3v) is 4.45. The molecule has 0 bridgehead atoms. The molecule has 0 radical (unpaired) electrons. The Labute approximate surface area is 137 Å². The Morgan fingerprint density at radius 3 is 2.74 bits per heavy atom. The van der Waals surface area contributed by atoms with Crippen LogP contribution in [0, 0.1) is 11.3 Å². The molecule has 0 fully saturated rings. The first-order chi connectivity index (χ1) is 11.1. The largest absolute Gasteiger partial charge is 0.373 e. The summed E-state index contributed by atoms with van der Waals surface area (Å²) in [5.74, 6) is 0.830. The number of hydrogen-bond donors (Lipinski definition) is 1. The first-order valence-electron chi connectivity index (χ1n) is 8.12. The molecular formula is C19H22N4. The van der Waals surface area contributed by atoms with Gasteiger partial charge in [0, 0.05) is 42.6 Å². The monoisotopic (exact) mass is 306 g/mol. The number of aromatic nitrogens is 1. The number of rotatable bonds is 3. The number of benzene rings is 1. The molecule has 1 aromatic carbocycles. The number of fused-ring (bicyclic) bond motifs is 1. The SMILES string of the molecule is CNc1ccc(-c2cc3c(cc2C#N)N(C(C)C)CCC3)cn1. The predicted molar refractivity (Wildman–Crippen MR) is 94.7 cm³/mol. The average Bonchev–Trinajstić information content (AvgIpc) is 2.59. The molecule has 0 amide bonds. The minimum absolute atomic E-state index is 0.447. The lowest BCUT2D eigenvalue weighted by molar-refractivity contribution is 0.625. The summed E-state index contributed by atoms with van der Waals surface area (Å²) in [5.41, 5.74) is 5.23. The Kier molecular flexibility index (Phi) is 4.20. The maximum absolute atomic E-state index is 9.61. The van der Waals surface area contributed by atoms with Crippen molar-refractivity contribution in [3.63, 3.8) is 0 Å². The Morgan fingerprint density at radius 2 is 2.13 bits per heavy atom. The summed E-state index contributed by atoms with van der Waals surface area (Å²) in [6.07, 6.45) is 4.06. The zero-order valence-electron chi connectivity index (χ0n) is 13.9. The second-order valence-corrected chi connectivity index (χ2v) is 6.21. The molecule has 0 atom stereocenters. The summed E-state index contributed by atoms with van der Waals surface area (Å²) < 4.78 is 0. The van der Waals surface area contributed by atoms with E-state index in [0.717, 1.165) is 41.9 Å². The van der Waals surface area contributed by atoms with Crippen LogP contribution >= 0.6 is 0 Å². The maximum Gasteiger partial charge on any atom is 0.125 e. The van der Waals surface area contributed by atoms with Crippen molar-refractivity contribution in [3.05, 3.63) is 41.6 Å². The van der Waals surface area contributed by atoms with Crippen LogP contribution in [0.2, 0.25) is 0 Å². The highest BCUT2D eigenvalue weighted by Crippen LogP contribution is 2.35. The third kappa shape index (κ3) is 2.87. The fourth-order valence-corrected chi connectivity index (χ4v) is 3.23. The highest BCUT2D eigenvalue weighted by molar-refractivity contribution is 5.76. The van der Waals surface area contributed by atoms with E-state index in [-0.39, 0.29) is 0 Å². The Balaban J connectivity index is 2.10. The molecule has 2 aromatic rings. The molecule has 4 heteroatoms. The van der Waals surface area contributed by atoms with Gasteiger partial charge in [-0.1, -0.05) is 0 Å². The van der Waals surface area contributed by atoms with Gasteiger partial charge in [-0.05, 0) is 56.5 Å². The molecule has 1 N–H and O–H groups in total. The van der Waals surface area contributed by atoms with Crippen LogP contribution in [0.3, 0.4) is 0 Å². The minimum Gasteiger partial charge on any atom is -0.373 e. The van der Waals surface area contributed by atoms with Gasteiger partial charge in [-0.3, -0.25) is 0 Å². The van der Waals surface area contributed by atoms with Crippen molar-refractivity contribution in [2.45, 2.75) is 32.7 Å². The number of anilines is 2. The standard InChI is InChI=1S/C19H22N4/c1-13(2)23-8-4-5-14-9-17(16(11-20)10-18(14)23)15-6-7-19(21-3)22-12-15/h6-7,9-10,12-13H,4-5,8H2,1-3H3,(H,21,22). The lowest BCUT2D eigenvalue weighted by Gasteiger charge is -2.35. The van der Waals surface area contributed by atoms with Crippen LogP contribution in [0.25, 0.3) is 11.1 Å². The molecule has 0 saturated heterocycles. The molecule has 3 rings (SSSR count). The summed E-state index contributed by atoms with van der Waals surface area (Å²) >= 11 is 0. The van der Waals surface area contributed by atoms with E-state index in [0.29, 0.717) is 6.04 Å². The molecule has 2 heterocycles. The van der Waals surface area contributed by atoms with E-state index < -0.39 is 0 Å². The molecule has 4 nitrogen and oxygen atoms in total. The highest BCUT2D eigenvalue weighted by Gasteiger charge is 2.21. The number of aryl methyl sites for hydroxylation is 1. The summed E-state index contributed by atoms with van der Waals surface area (Å²) in [4.78, 5) is 6.77. The molecule has 23 heavy (non-hydrogen) atoms. The molecule has 1 aliphatic heterocycles. The Morgan fingerprint density at radius 1 is 1.30 bits per heavy atom. The summed E-state index contributed by atoms with van der Waals surface area (Å²) in [6.45, 7) is 5.47. The van der Waals surface area contributed by atoms with Gasteiger partial charge >= 0.3 is 0 Å². The van der Waals surface area contributed by atoms with Gasteiger partial charge in [0.15, 0.2) is 0 Å². The molecule has 0 unspecified atom stereocenters. The fourth-order valence-electron chi connectivity index (χ4n) is 3.23. The van der Waals surface area contributed by atoms with E-state index in [9.17, 15) is 5.26 Å². The van der Waals surface area contributed by atoms with Gasteiger partial charge in [0.1, 0.15) is 5.82 Å². The average molecular weight is 306 g/mol. The van der Waals surface area contributed by atoms with E-state index in [4.69, 9.17) is 0 Å². The van der Waals surface area contributed by atoms with Crippen LogP contribution < -0.4 is 10.2 Å². The van der Waals surface area contributed by atoms with Gasteiger partial charge in [0.2, 0.25) is 0 Å². The fraction of sp³-hybridized carbons (Fsp3) is 0.368. The summed E-state index contributed by atoms with van der Waals surface area (Å²) in [6, 6.07) is 11.0. The number of nitrogens with one attached hydrogen (secondary N) is 1. The van der Waals surface area contributed by atoms with Crippen LogP contribution in [-0.4, -0.2) is 24.6 Å². The van der Waals surface area contributed by atoms with E-state index >= 15 is 0 Å².